The van der Waals surface area contributed by atoms with E-state index in [1.807, 2.05) is 12.1 Å². The molecule has 0 spiro atoms. The molecule has 1 aromatic carbocycles. The van der Waals surface area contributed by atoms with Crippen molar-refractivity contribution in [1.82, 2.24) is 0 Å². The molecule has 0 radical (unpaired) electrons. The molecule has 82 valence electrons. The normalized spacial score (nSPS) is 20.3. The lowest BCUT2D eigenvalue weighted by Crippen LogP contribution is -2.07. The van der Waals surface area contributed by atoms with Crippen molar-refractivity contribution < 1.29 is 4.74 Å². The Morgan fingerprint density at radius 1 is 1.47 bits per heavy atom. The second-order valence-electron chi connectivity index (χ2n) is 3.95. The third kappa shape index (κ3) is 2.52. The maximum absolute atomic E-state index is 5.72. The molecule has 0 fully saturated rings. The van der Waals surface area contributed by atoms with Crippen molar-refractivity contribution in [2.75, 3.05) is 13.2 Å². The molecule has 1 aliphatic heterocycles. The minimum atomic E-state index is 0.560. The number of hydrogen-bond donors (Lipinski definition) is 1. The van der Waals surface area contributed by atoms with Gasteiger partial charge < -0.3 is 10.5 Å². The van der Waals surface area contributed by atoms with Gasteiger partial charge in [-0.1, -0.05) is 15.9 Å². The molecule has 2 nitrogen and oxygen atoms in total. The summed E-state index contributed by atoms with van der Waals surface area (Å²) in [4.78, 5) is 0. The van der Waals surface area contributed by atoms with Gasteiger partial charge in [-0.25, -0.2) is 0 Å². The van der Waals surface area contributed by atoms with E-state index in [-0.39, 0.29) is 0 Å². The number of halogens is 1. The van der Waals surface area contributed by atoms with Crippen LogP contribution in [0.15, 0.2) is 22.7 Å². The van der Waals surface area contributed by atoms with E-state index in [0.717, 1.165) is 36.2 Å². The molecule has 2 N–H and O–H groups in total. The zero-order valence-corrected chi connectivity index (χ0v) is 10.3. The summed E-state index contributed by atoms with van der Waals surface area (Å²) >= 11 is 3.51. The highest BCUT2D eigenvalue weighted by atomic mass is 79.9. The quantitative estimate of drug-likeness (QED) is 0.896. The Morgan fingerprint density at radius 3 is 3.13 bits per heavy atom. The summed E-state index contributed by atoms with van der Waals surface area (Å²) < 4.78 is 6.84. The van der Waals surface area contributed by atoms with Crippen molar-refractivity contribution >= 4 is 15.9 Å². The summed E-state index contributed by atoms with van der Waals surface area (Å²) in [5.41, 5.74) is 6.97. The largest absolute Gasteiger partial charge is 0.493 e. The Balaban J connectivity index is 2.33. The van der Waals surface area contributed by atoms with Gasteiger partial charge in [-0.2, -0.15) is 0 Å². The van der Waals surface area contributed by atoms with Crippen LogP contribution >= 0.6 is 15.9 Å². The zero-order valence-electron chi connectivity index (χ0n) is 8.71. The summed E-state index contributed by atoms with van der Waals surface area (Å²) in [6.45, 7) is 1.58. The van der Waals surface area contributed by atoms with E-state index in [9.17, 15) is 0 Å². The summed E-state index contributed by atoms with van der Waals surface area (Å²) in [6.07, 6.45) is 3.35. The topological polar surface area (TPSA) is 35.2 Å². The summed E-state index contributed by atoms with van der Waals surface area (Å²) in [5.74, 6) is 1.60. The lowest BCUT2D eigenvalue weighted by Gasteiger charge is -2.15. The van der Waals surface area contributed by atoms with Crippen LogP contribution in [-0.4, -0.2) is 13.2 Å². The molecule has 0 saturated heterocycles. The molecular weight excluding hydrogens is 254 g/mol. The van der Waals surface area contributed by atoms with Crippen LogP contribution in [-0.2, 0) is 0 Å². The van der Waals surface area contributed by atoms with Gasteiger partial charge in [0.05, 0.1) is 6.61 Å². The smallest absolute Gasteiger partial charge is 0.122 e. The standard InChI is InChI=1S/C12H16BrNO/c13-10-3-4-12-11(8-10)9(5-6-14)2-1-7-15-12/h3-4,8-9H,1-2,5-7,14H2. The average Bonchev–Trinajstić information content (AvgIpc) is 2.42. The summed E-state index contributed by atoms with van der Waals surface area (Å²) in [6, 6.07) is 6.25. The van der Waals surface area contributed by atoms with Gasteiger partial charge in [0.1, 0.15) is 5.75 Å². The van der Waals surface area contributed by atoms with E-state index in [1.165, 1.54) is 12.0 Å². The van der Waals surface area contributed by atoms with Crippen molar-refractivity contribution in [3.63, 3.8) is 0 Å². The molecule has 0 aromatic heterocycles. The van der Waals surface area contributed by atoms with Gasteiger partial charge in [0.15, 0.2) is 0 Å². The molecular formula is C12H16BrNO. The van der Waals surface area contributed by atoms with E-state index in [0.29, 0.717) is 5.92 Å². The van der Waals surface area contributed by atoms with Crippen molar-refractivity contribution in [3.05, 3.63) is 28.2 Å². The van der Waals surface area contributed by atoms with Gasteiger partial charge in [-0.15, -0.1) is 0 Å². The zero-order chi connectivity index (χ0) is 10.7. The molecule has 3 heteroatoms. The van der Waals surface area contributed by atoms with Crippen LogP contribution in [0, 0.1) is 0 Å². The fourth-order valence-corrected chi connectivity index (χ4v) is 2.52. The maximum Gasteiger partial charge on any atom is 0.122 e. The molecule has 0 saturated carbocycles. The third-order valence-electron chi connectivity index (χ3n) is 2.88. The molecule has 1 unspecified atom stereocenters. The minimum Gasteiger partial charge on any atom is -0.493 e. The van der Waals surface area contributed by atoms with Crippen LogP contribution in [0.1, 0.15) is 30.7 Å². The van der Waals surface area contributed by atoms with E-state index in [4.69, 9.17) is 10.5 Å². The number of fused-ring (bicyclic) bond motifs is 1. The predicted octanol–water partition coefficient (Wildman–Crippen LogP) is 3.05. The number of rotatable bonds is 2. The molecule has 15 heavy (non-hydrogen) atoms. The second kappa shape index (κ2) is 4.99. The van der Waals surface area contributed by atoms with E-state index in [1.54, 1.807) is 0 Å². The van der Waals surface area contributed by atoms with Gasteiger partial charge in [0.2, 0.25) is 0 Å². The molecule has 2 rings (SSSR count). The van der Waals surface area contributed by atoms with Crippen LogP contribution in [0.4, 0.5) is 0 Å². The maximum atomic E-state index is 5.72. The molecule has 1 aliphatic rings. The van der Waals surface area contributed by atoms with Gasteiger partial charge in [0, 0.05) is 4.47 Å². The molecule has 0 aliphatic carbocycles. The van der Waals surface area contributed by atoms with Crippen LogP contribution in [0.25, 0.3) is 0 Å². The molecule has 1 heterocycles. The fourth-order valence-electron chi connectivity index (χ4n) is 2.14. The van der Waals surface area contributed by atoms with Gasteiger partial charge in [-0.3, -0.25) is 0 Å². The van der Waals surface area contributed by atoms with Crippen LogP contribution in [0.3, 0.4) is 0 Å². The number of hydrogen-bond acceptors (Lipinski definition) is 2. The Labute approximate surface area is 98.9 Å². The highest BCUT2D eigenvalue weighted by molar-refractivity contribution is 9.10. The molecule has 0 bridgehead atoms. The SMILES string of the molecule is NCCC1CCCOc2ccc(Br)cc21. The molecule has 0 amide bonds. The number of nitrogens with two attached hydrogens (primary N) is 1. The third-order valence-corrected chi connectivity index (χ3v) is 3.37. The molecule has 1 atom stereocenters. The lowest BCUT2D eigenvalue weighted by atomic mass is 9.91. The highest BCUT2D eigenvalue weighted by Gasteiger charge is 2.19. The van der Waals surface area contributed by atoms with Crippen molar-refractivity contribution in [3.8, 4) is 5.75 Å². The van der Waals surface area contributed by atoms with Crippen molar-refractivity contribution in [2.45, 2.75) is 25.2 Å². The summed E-state index contributed by atoms with van der Waals surface area (Å²) in [7, 11) is 0. The first-order valence-corrected chi connectivity index (χ1v) is 6.23. The van der Waals surface area contributed by atoms with Crippen molar-refractivity contribution in [1.29, 1.82) is 0 Å². The van der Waals surface area contributed by atoms with Gasteiger partial charge in [0.25, 0.3) is 0 Å². The van der Waals surface area contributed by atoms with Gasteiger partial charge in [-0.05, 0) is 55.5 Å². The van der Waals surface area contributed by atoms with Crippen LogP contribution in [0.5, 0.6) is 5.75 Å². The van der Waals surface area contributed by atoms with E-state index in [2.05, 4.69) is 22.0 Å². The monoisotopic (exact) mass is 269 g/mol. The van der Waals surface area contributed by atoms with Gasteiger partial charge >= 0.3 is 0 Å². The Kier molecular flexibility index (Phi) is 3.65. The number of ether oxygens (including phenoxy) is 1. The van der Waals surface area contributed by atoms with E-state index < -0.39 is 0 Å². The fraction of sp³-hybridized carbons (Fsp3) is 0.500. The first-order chi connectivity index (χ1) is 7.31. The Bertz CT molecular complexity index is 340. The average molecular weight is 270 g/mol. The first-order valence-electron chi connectivity index (χ1n) is 5.43. The lowest BCUT2D eigenvalue weighted by molar-refractivity contribution is 0.316. The summed E-state index contributed by atoms with van der Waals surface area (Å²) in [5, 5.41) is 0. The van der Waals surface area contributed by atoms with Crippen molar-refractivity contribution in [2.24, 2.45) is 5.73 Å². The van der Waals surface area contributed by atoms with E-state index >= 15 is 0 Å². The van der Waals surface area contributed by atoms with Crippen LogP contribution < -0.4 is 10.5 Å². The first kappa shape index (κ1) is 11.0. The second-order valence-corrected chi connectivity index (χ2v) is 4.86. The minimum absolute atomic E-state index is 0.560. The predicted molar refractivity (Wildman–Crippen MR) is 65.3 cm³/mol. The highest BCUT2D eigenvalue weighted by Crippen LogP contribution is 2.36. The number of benzene rings is 1. The Hall–Kier alpha value is -0.540. The Morgan fingerprint density at radius 2 is 2.33 bits per heavy atom. The van der Waals surface area contributed by atoms with Crippen LogP contribution in [0.2, 0.25) is 0 Å². The molecule has 1 aromatic rings.